The van der Waals surface area contributed by atoms with Crippen molar-refractivity contribution in [1.29, 1.82) is 0 Å². The SMILES string of the molecule is CC(=O)C1CC2c3ccccc3CC2N1C. The first-order chi connectivity index (χ1) is 7.68. The van der Waals surface area contributed by atoms with Gasteiger partial charge in [-0.05, 0) is 37.9 Å². The summed E-state index contributed by atoms with van der Waals surface area (Å²) in [5.41, 5.74) is 2.95. The van der Waals surface area contributed by atoms with Crippen LogP contribution in [-0.2, 0) is 11.2 Å². The minimum atomic E-state index is 0.142. The maximum Gasteiger partial charge on any atom is 0.146 e. The molecule has 1 aromatic rings. The van der Waals surface area contributed by atoms with Gasteiger partial charge in [-0.1, -0.05) is 24.3 Å². The number of benzene rings is 1. The minimum Gasteiger partial charge on any atom is -0.298 e. The lowest BCUT2D eigenvalue weighted by atomic mass is 9.95. The van der Waals surface area contributed by atoms with E-state index in [9.17, 15) is 4.79 Å². The smallest absolute Gasteiger partial charge is 0.146 e. The van der Waals surface area contributed by atoms with Crippen LogP contribution in [0, 0.1) is 0 Å². The van der Waals surface area contributed by atoms with E-state index < -0.39 is 0 Å². The summed E-state index contributed by atoms with van der Waals surface area (Å²) in [7, 11) is 2.10. The molecule has 3 unspecified atom stereocenters. The van der Waals surface area contributed by atoms with Crippen molar-refractivity contribution in [2.24, 2.45) is 0 Å². The molecule has 3 rings (SSSR count). The summed E-state index contributed by atoms with van der Waals surface area (Å²) >= 11 is 0. The van der Waals surface area contributed by atoms with Crippen LogP contribution in [0.3, 0.4) is 0 Å². The maximum atomic E-state index is 11.6. The fraction of sp³-hybridized carbons (Fsp3) is 0.500. The molecule has 1 aliphatic carbocycles. The third-order valence-corrected chi connectivity index (χ3v) is 4.31. The van der Waals surface area contributed by atoms with Crippen LogP contribution in [0.1, 0.15) is 30.4 Å². The maximum absolute atomic E-state index is 11.6. The van der Waals surface area contributed by atoms with E-state index in [0.717, 1.165) is 12.8 Å². The van der Waals surface area contributed by atoms with E-state index in [-0.39, 0.29) is 6.04 Å². The van der Waals surface area contributed by atoms with Crippen molar-refractivity contribution >= 4 is 5.78 Å². The third-order valence-electron chi connectivity index (χ3n) is 4.31. The van der Waals surface area contributed by atoms with Gasteiger partial charge in [0.15, 0.2) is 0 Å². The van der Waals surface area contributed by atoms with Crippen LogP contribution in [0.2, 0.25) is 0 Å². The number of likely N-dealkylation sites (tertiary alicyclic amines) is 1. The second kappa shape index (κ2) is 3.42. The van der Waals surface area contributed by atoms with Gasteiger partial charge in [-0.25, -0.2) is 0 Å². The van der Waals surface area contributed by atoms with E-state index >= 15 is 0 Å². The second-order valence-electron chi connectivity index (χ2n) is 5.10. The predicted molar refractivity (Wildman–Crippen MR) is 63.5 cm³/mol. The number of Topliss-reactive ketones (excluding diaryl/α,β-unsaturated/α-hetero) is 1. The zero-order valence-corrected chi connectivity index (χ0v) is 9.81. The molecule has 2 heteroatoms. The molecule has 2 nitrogen and oxygen atoms in total. The van der Waals surface area contributed by atoms with Crippen molar-refractivity contribution in [3.63, 3.8) is 0 Å². The Bertz CT molecular complexity index is 440. The van der Waals surface area contributed by atoms with Crippen LogP contribution in [-0.4, -0.2) is 29.8 Å². The molecular weight excluding hydrogens is 198 g/mol. The monoisotopic (exact) mass is 215 g/mol. The zero-order chi connectivity index (χ0) is 11.3. The van der Waals surface area contributed by atoms with Gasteiger partial charge in [-0.3, -0.25) is 9.69 Å². The first-order valence-electron chi connectivity index (χ1n) is 5.98. The van der Waals surface area contributed by atoms with Gasteiger partial charge < -0.3 is 0 Å². The summed E-state index contributed by atoms with van der Waals surface area (Å²) in [6, 6.07) is 9.38. The molecule has 0 radical (unpaired) electrons. The van der Waals surface area contributed by atoms with E-state index in [0.29, 0.717) is 17.7 Å². The number of nitrogens with zero attached hydrogens (tertiary/aromatic N) is 1. The van der Waals surface area contributed by atoms with Gasteiger partial charge in [0, 0.05) is 12.0 Å². The Kier molecular flexibility index (Phi) is 2.15. The van der Waals surface area contributed by atoms with Crippen molar-refractivity contribution in [3.8, 4) is 0 Å². The summed E-state index contributed by atoms with van der Waals surface area (Å²) in [6.07, 6.45) is 2.12. The molecule has 2 aliphatic rings. The lowest BCUT2D eigenvalue weighted by Gasteiger charge is -2.22. The molecule has 1 aromatic carbocycles. The normalized spacial score (nSPS) is 32.5. The van der Waals surface area contributed by atoms with Crippen molar-refractivity contribution in [3.05, 3.63) is 35.4 Å². The van der Waals surface area contributed by atoms with Gasteiger partial charge in [0.2, 0.25) is 0 Å². The molecule has 1 saturated heterocycles. The van der Waals surface area contributed by atoms with E-state index in [1.54, 1.807) is 6.92 Å². The number of rotatable bonds is 1. The average molecular weight is 215 g/mol. The first kappa shape index (κ1) is 10.0. The summed E-state index contributed by atoms with van der Waals surface area (Å²) in [5, 5.41) is 0. The van der Waals surface area contributed by atoms with Gasteiger partial charge in [-0.15, -0.1) is 0 Å². The molecule has 0 N–H and O–H groups in total. The summed E-state index contributed by atoms with van der Waals surface area (Å²) in [4.78, 5) is 13.8. The fourth-order valence-corrected chi connectivity index (χ4v) is 3.46. The van der Waals surface area contributed by atoms with Gasteiger partial charge in [0.1, 0.15) is 5.78 Å². The quantitative estimate of drug-likeness (QED) is 0.714. The Morgan fingerprint density at radius 2 is 2.12 bits per heavy atom. The van der Waals surface area contributed by atoms with Crippen LogP contribution in [0.15, 0.2) is 24.3 Å². The molecule has 1 aliphatic heterocycles. The zero-order valence-electron chi connectivity index (χ0n) is 9.81. The molecule has 1 fully saturated rings. The standard InChI is InChI=1S/C14H17NO/c1-9(16)13-8-12-11-6-4-3-5-10(11)7-14(12)15(13)2/h3-6,12-14H,7-8H2,1-2H3. The Hall–Kier alpha value is -1.15. The molecule has 0 aromatic heterocycles. The lowest BCUT2D eigenvalue weighted by Crippen LogP contribution is -2.37. The van der Waals surface area contributed by atoms with Crippen LogP contribution >= 0.6 is 0 Å². The molecular formula is C14H17NO. The van der Waals surface area contributed by atoms with Crippen molar-refractivity contribution in [2.45, 2.75) is 37.8 Å². The summed E-state index contributed by atoms with van der Waals surface area (Å²) in [5.74, 6) is 0.893. The Morgan fingerprint density at radius 3 is 2.88 bits per heavy atom. The largest absolute Gasteiger partial charge is 0.298 e. The van der Waals surface area contributed by atoms with E-state index in [1.165, 1.54) is 11.1 Å². The van der Waals surface area contributed by atoms with E-state index in [4.69, 9.17) is 0 Å². The number of ketones is 1. The third kappa shape index (κ3) is 1.26. The Balaban J connectivity index is 1.96. The van der Waals surface area contributed by atoms with Crippen molar-refractivity contribution in [1.82, 2.24) is 4.90 Å². The molecule has 0 spiro atoms. The van der Waals surface area contributed by atoms with Gasteiger partial charge in [-0.2, -0.15) is 0 Å². The van der Waals surface area contributed by atoms with Gasteiger partial charge in [0.25, 0.3) is 0 Å². The van der Waals surface area contributed by atoms with Gasteiger partial charge >= 0.3 is 0 Å². The number of carbonyl (C=O) groups is 1. The molecule has 0 bridgehead atoms. The fourth-order valence-electron chi connectivity index (χ4n) is 3.46. The highest BCUT2D eigenvalue weighted by Gasteiger charge is 2.45. The first-order valence-corrected chi connectivity index (χ1v) is 5.98. The predicted octanol–water partition coefficient (Wildman–Crippen LogP) is 1.99. The van der Waals surface area contributed by atoms with Crippen molar-refractivity contribution < 1.29 is 4.79 Å². The highest BCUT2D eigenvalue weighted by molar-refractivity contribution is 5.82. The van der Waals surface area contributed by atoms with E-state index in [1.807, 2.05) is 0 Å². The lowest BCUT2D eigenvalue weighted by molar-refractivity contribution is -0.121. The van der Waals surface area contributed by atoms with Crippen LogP contribution < -0.4 is 0 Å². The number of likely N-dealkylation sites (N-methyl/N-ethyl adjacent to an activating group) is 1. The van der Waals surface area contributed by atoms with Crippen LogP contribution in [0.4, 0.5) is 0 Å². The van der Waals surface area contributed by atoms with Crippen LogP contribution in [0.25, 0.3) is 0 Å². The van der Waals surface area contributed by atoms with Gasteiger partial charge in [0.05, 0.1) is 6.04 Å². The molecule has 3 atom stereocenters. The molecule has 0 amide bonds. The summed E-state index contributed by atoms with van der Waals surface area (Å²) < 4.78 is 0. The minimum absolute atomic E-state index is 0.142. The van der Waals surface area contributed by atoms with E-state index in [2.05, 4.69) is 36.2 Å². The Morgan fingerprint density at radius 1 is 1.38 bits per heavy atom. The number of hydrogen-bond acceptors (Lipinski definition) is 2. The number of carbonyl (C=O) groups excluding carboxylic acids is 1. The highest BCUT2D eigenvalue weighted by Crippen LogP contribution is 2.44. The molecule has 1 heterocycles. The highest BCUT2D eigenvalue weighted by atomic mass is 16.1. The molecule has 0 saturated carbocycles. The molecule has 84 valence electrons. The van der Waals surface area contributed by atoms with Crippen molar-refractivity contribution in [2.75, 3.05) is 7.05 Å². The number of hydrogen-bond donors (Lipinski definition) is 0. The van der Waals surface area contributed by atoms with Crippen LogP contribution in [0.5, 0.6) is 0 Å². The topological polar surface area (TPSA) is 20.3 Å². The Labute approximate surface area is 96.3 Å². The molecule has 16 heavy (non-hydrogen) atoms. The second-order valence-corrected chi connectivity index (χ2v) is 5.10. The summed E-state index contributed by atoms with van der Waals surface area (Å²) in [6.45, 7) is 1.72. The number of fused-ring (bicyclic) bond motifs is 3. The average Bonchev–Trinajstić information content (AvgIpc) is 2.76.